The molecule has 0 spiro atoms. The lowest BCUT2D eigenvalue weighted by Gasteiger charge is -2.31. The van der Waals surface area contributed by atoms with Crippen molar-refractivity contribution in [2.75, 3.05) is 9.80 Å². The number of para-hydroxylation sites is 2. The first-order valence-electron chi connectivity index (χ1n) is 16.0. The molecule has 0 aliphatic carbocycles. The fraction of sp³-hybridized carbons (Fsp3) is 0.237. The largest absolute Gasteiger partial charge is 0.444 e. The van der Waals surface area contributed by atoms with Gasteiger partial charge in [-0.15, -0.1) is 0 Å². The highest BCUT2D eigenvalue weighted by Crippen LogP contribution is 2.43. The van der Waals surface area contributed by atoms with Crippen LogP contribution >= 0.6 is 0 Å². The van der Waals surface area contributed by atoms with Crippen LogP contribution in [0.25, 0.3) is 0 Å². The molecule has 5 rings (SSSR count). The Balaban J connectivity index is 1.53. The molecule has 1 heterocycles. The molecule has 0 saturated carbocycles. The number of fused-ring (bicyclic) bond motifs is 1. The molecule has 11 nitrogen and oxygen atoms in total. The van der Waals surface area contributed by atoms with E-state index < -0.39 is 59.5 Å². The summed E-state index contributed by atoms with van der Waals surface area (Å²) in [5.41, 5.74) is 7.49. The van der Waals surface area contributed by atoms with Crippen molar-refractivity contribution in [1.29, 1.82) is 0 Å². The molecular weight excluding hydrogens is 641 g/mol. The number of nitrogens with two attached hydrogens (primary N) is 1. The van der Waals surface area contributed by atoms with Crippen molar-refractivity contribution in [2.24, 2.45) is 11.7 Å². The fourth-order valence-electron chi connectivity index (χ4n) is 5.65. The summed E-state index contributed by atoms with van der Waals surface area (Å²) in [6.45, 7) is 5.26. The number of primary amides is 1. The summed E-state index contributed by atoms with van der Waals surface area (Å²) in [5, 5.41) is 5.30. The maximum absolute atomic E-state index is 14.6. The van der Waals surface area contributed by atoms with Crippen LogP contribution in [-0.2, 0) is 37.0 Å². The van der Waals surface area contributed by atoms with Crippen LogP contribution in [0.15, 0.2) is 103 Å². The molecule has 0 aromatic heterocycles. The Morgan fingerprint density at radius 3 is 2.06 bits per heavy atom. The van der Waals surface area contributed by atoms with Gasteiger partial charge in [-0.2, -0.15) is 0 Å². The molecule has 4 N–H and O–H groups in total. The number of anilines is 3. The Kier molecular flexibility index (Phi) is 10.6. The SMILES string of the molecule is CC(C)(C)OC(=O)NCc1ccc(N2C(=O)C(CC(=O)NCc3ccccc3F)C(=O)N(C(C(N)=O)c3ccccc3)c3ccccc32)cc1. The summed E-state index contributed by atoms with van der Waals surface area (Å²) >= 11 is 0. The summed E-state index contributed by atoms with van der Waals surface area (Å²) in [5.74, 6) is -5.16. The van der Waals surface area contributed by atoms with Crippen molar-refractivity contribution in [1.82, 2.24) is 10.6 Å². The summed E-state index contributed by atoms with van der Waals surface area (Å²) in [7, 11) is 0. The number of carbonyl (C=O) groups excluding carboxylic acids is 5. The molecule has 2 unspecified atom stereocenters. The van der Waals surface area contributed by atoms with Gasteiger partial charge in [0.15, 0.2) is 0 Å². The molecule has 0 saturated heterocycles. The van der Waals surface area contributed by atoms with Gasteiger partial charge < -0.3 is 21.1 Å². The first kappa shape index (κ1) is 35.3. The van der Waals surface area contributed by atoms with Gasteiger partial charge >= 0.3 is 6.09 Å². The van der Waals surface area contributed by atoms with Crippen LogP contribution in [0.5, 0.6) is 0 Å². The molecule has 1 aliphatic heterocycles. The van der Waals surface area contributed by atoms with E-state index in [1.165, 1.54) is 28.0 Å². The van der Waals surface area contributed by atoms with Gasteiger partial charge in [0.25, 0.3) is 0 Å². The number of amides is 5. The third-order valence-electron chi connectivity index (χ3n) is 7.93. The molecular formula is C38H38FN5O6. The molecule has 0 bridgehead atoms. The van der Waals surface area contributed by atoms with Crippen molar-refractivity contribution in [3.8, 4) is 0 Å². The average molecular weight is 680 g/mol. The van der Waals surface area contributed by atoms with Gasteiger partial charge in [0.1, 0.15) is 23.4 Å². The minimum absolute atomic E-state index is 0.147. The van der Waals surface area contributed by atoms with E-state index in [0.29, 0.717) is 16.8 Å². The van der Waals surface area contributed by atoms with Crippen LogP contribution in [-0.4, -0.2) is 35.3 Å². The maximum Gasteiger partial charge on any atom is 0.407 e. The molecule has 4 aromatic rings. The van der Waals surface area contributed by atoms with E-state index in [0.717, 1.165) is 0 Å². The third-order valence-corrected chi connectivity index (χ3v) is 7.93. The molecule has 0 radical (unpaired) electrons. The zero-order chi connectivity index (χ0) is 36.0. The lowest BCUT2D eigenvalue weighted by Crippen LogP contribution is -2.47. The number of halogens is 1. The second-order valence-corrected chi connectivity index (χ2v) is 12.7. The lowest BCUT2D eigenvalue weighted by molar-refractivity contribution is -0.137. The van der Waals surface area contributed by atoms with Gasteiger partial charge in [-0.25, -0.2) is 9.18 Å². The average Bonchev–Trinajstić information content (AvgIpc) is 3.16. The fourth-order valence-corrected chi connectivity index (χ4v) is 5.65. The Morgan fingerprint density at radius 2 is 1.42 bits per heavy atom. The van der Waals surface area contributed by atoms with Crippen LogP contribution in [0, 0.1) is 11.7 Å². The maximum atomic E-state index is 14.6. The number of ether oxygens (including phenoxy) is 1. The van der Waals surface area contributed by atoms with Gasteiger partial charge in [0.05, 0.1) is 11.4 Å². The molecule has 258 valence electrons. The van der Waals surface area contributed by atoms with Crippen LogP contribution in [0.1, 0.15) is 49.9 Å². The van der Waals surface area contributed by atoms with E-state index in [4.69, 9.17) is 10.5 Å². The summed E-state index contributed by atoms with van der Waals surface area (Å²) in [6, 6.07) is 26.4. The molecule has 2 atom stereocenters. The van der Waals surface area contributed by atoms with E-state index >= 15 is 0 Å². The number of rotatable bonds is 10. The second-order valence-electron chi connectivity index (χ2n) is 12.7. The number of alkyl carbamates (subject to hydrolysis) is 1. The molecule has 1 aliphatic rings. The van der Waals surface area contributed by atoms with E-state index in [1.807, 2.05) is 0 Å². The number of nitrogens with zero attached hydrogens (tertiary/aromatic N) is 2. The van der Waals surface area contributed by atoms with Crippen molar-refractivity contribution >= 4 is 46.8 Å². The van der Waals surface area contributed by atoms with Crippen molar-refractivity contribution in [2.45, 2.75) is 51.9 Å². The molecule has 5 amide bonds. The van der Waals surface area contributed by atoms with Gasteiger partial charge in [0.2, 0.25) is 23.6 Å². The van der Waals surface area contributed by atoms with Gasteiger partial charge in [-0.3, -0.25) is 29.0 Å². The Hall–Kier alpha value is -6.04. The number of hydrogen-bond donors (Lipinski definition) is 3. The molecule has 12 heteroatoms. The minimum atomic E-state index is -1.60. The Labute approximate surface area is 289 Å². The zero-order valence-electron chi connectivity index (χ0n) is 27.9. The van der Waals surface area contributed by atoms with Crippen molar-refractivity contribution in [3.05, 3.63) is 126 Å². The summed E-state index contributed by atoms with van der Waals surface area (Å²) < 4.78 is 19.6. The smallest absolute Gasteiger partial charge is 0.407 e. The molecule has 4 aromatic carbocycles. The topological polar surface area (TPSA) is 151 Å². The standard InChI is InChI=1S/C38H38FN5O6/c1-38(2,3)50-37(49)42-22-24-17-19-27(20-18-24)43-30-15-9-10-16-31(30)44(33(34(40)46)25-11-5-4-6-12-25)36(48)28(35(43)47)21-32(45)41-23-26-13-7-8-14-29(26)39/h4-20,28,33H,21-23H2,1-3H3,(H2,40,46)(H,41,45)(H,42,49). The highest BCUT2D eigenvalue weighted by atomic mass is 19.1. The molecule has 0 fully saturated rings. The quantitative estimate of drug-likeness (QED) is 0.191. The van der Waals surface area contributed by atoms with Gasteiger partial charge in [-0.1, -0.05) is 72.8 Å². The number of hydrogen-bond acceptors (Lipinski definition) is 6. The number of benzene rings is 4. The van der Waals surface area contributed by atoms with E-state index in [2.05, 4.69) is 10.6 Å². The first-order valence-corrected chi connectivity index (χ1v) is 16.0. The highest BCUT2D eigenvalue weighted by Gasteiger charge is 2.45. The summed E-state index contributed by atoms with van der Waals surface area (Å²) in [6.07, 6.45) is -1.18. The molecule has 50 heavy (non-hydrogen) atoms. The second kappa shape index (κ2) is 15.0. The zero-order valence-corrected chi connectivity index (χ0v) is 27.9. The predicted octanol–water partition coefficient (Wildman–Crippen LogP) is 5.41. The van der Waals surface area contributed by atoms with Crippen molar-refractivity contribution < 1.29 is 33.1 Å². The number of nitrogens with one attached hydrogen (secondary N) is 2. The van der Waals surface area contributed by atoms with E-state index in [-0.39, 0.29) is 30.0 Å². The Morgan fingerprint density at radius 1 is 0.800 bits per heavy atom. The lowest BCUT2D eigenvalue weighted by atomic mass is 9.98. The van der Waals surface area contributed by atoms with Crippen LogP contribution < -0.4 is 26.2 Å². The Bertz CT molecular complexity index is 1890. The normalized spacial score (nSPS) is 15.1. The third kappa shape index (κ3) is 8.15. The highest BCUT2D eigenvalue weighted by molar-refractivity contribution is 6.22. The summed E-state index contributed by atoms with van der Waals surface area (Å²) in [4.78, 5) is 70.3. The monoisotopic (exact) mass is 679 g/mol. The van der Waals surface area contributed by atoms with Gasteiger partial charge in [0, 0.05) is 30.8 Å². The van der Waals surface area contributed by atoms with Crippen LogP contribution in [0.3, 0.4) is 0 Å². The minimum Gasteiger partial charge on any atom is -0.444 e. The van der Waals surface area contributed by atoms with E-state index in [1.54, 1.807) is 106 Å². The first-order chi connectivity index (χ1) is 23.8. The van der Waals surface area contributed by atoms with Crippen LogP contribution in [0.4, 0.5) is 26.2 Å². The van der Waals surface area contributed by atoms with Crippen molar-refractivity contribution in [3.63, 3.8) is 0 Å². The predicted molar refractivity (Wildman–Crippen MR) is 185 cm³/mol. The van der Waals surface area contributed by atoms with Crippen LogP contribution in [0.2, 0.25) is 0 Å². The van der Waals surface area contributed by atoms with E-state index in [9.17, 15) is 28.4 Å². The number of carbonyl (C=O) groups is 5. The van der Waals surface area contributed by atoms with Gasteiger partial charge in [-0.05, 0) is 62.2 Å².